The van der Waals surface area contributed by atoms with Gasteiger partial charge in [0, 0.05) is 11.5 Å². The first-order valence-electron chi connectivity index (χ1n) is 7.66. The molecule has 0 heterocycles. The summed E-state index contributed by atoms with van der Waals surface area (Å²) in [6.45, 7) is 0. The Kier molecular flexibility index (Phi) is 13.4. The molecule has 146 valence electrons. The van der Waals surface area contributed by atoms with Crippen molar-refractivity contribution in [2.24, 2.45) is 5.92 Å². The molecule has 0 saturated heterocycles. The second-order valence-electron chi connectivity index (χ2n) is 5.06. The Morgan fingerprint density at radius 3 is 2.54 bits per heavy atom. The summed E-state index contributed by atoms with van der Waals surface area (Å²) in [7, 11) is 2.77. The average molecular weight is 471 g/mol. The van der Waals surface area contributed by atoms with Crippen molar-refractivity contribution in [3.05, 3.63) is 23.8 Å². The molecule has 0 amide bonds. The van der Waals surface area contributed by atoms with Crippen LogP contribution < -0.4 is 0 Å². The third-order valence-electron chi connectivity index (χ3n) is 3.18. The molecule has 0 spiro atoms. The molecule has 1 aliphatic carbocycles. The first kappa shape index (κ1) is 24.3. The van der Waals surface area contributed by atoms with Gasteiger partial charge in [0.25, 0.3) is 0 Å². The highest BCUT2D eigenvalue weighted by Crippen LogP contribution is 2.31. The molecule has 2 atom stereocenters. The molecule has 1 rings (SSSR count). The maximum Gasteiger partial charge on any atom is 0.316 e. The molecule has 4 nitrogen and oxygen atoms in total. The van der Waals surface area contributed by atoms with Gasteiger partial charge in [-0.25, -0.2) is 0 Å². The minimum absolute atomic E-state index is 0.0425. The number of allylic oxidation sites excluding steroid dienone is 3. The Labute approximate surface area is 182 Å². The van der Waals surface area contributed by atoms with Crippen molar-refractivity contribution in [3.8, 4) is 0 Å². The van der Waals surface area contributed by atoms with E-state index < -0.39 is 0 Å². The number of hydrogen-bond acceptors (Lipinski definition) is 10. The highest BCUT2D eigenvalue weighted by atomic mass is 32.3. The SMILES string of the molecule is COC(=O)CSC(=S)SC[C@H]1C=CC(CSC(S)SCC(=O)OC)=CC1. The number of hydrogen-bond donors (Lipinski definition) is 1. The van der Waals surface area contributed by atoms with Crippen molar-refractivity contribution < 1.29 is 19.1 Å². The lowest BCUT2D eigenvalue weighted by Gasteiger charge is -2.17. The van der Waals surface area contributed by atoms with Gasteiger partial charge >= 0.3 is 11.9 Å². The number of esters is 2. The fourth-order valence-corrected chi connectivity index (χ4v) is 5.98. The van der Waals surface area contributed by atoms with Gasteiger partial charge in [0.2, 0.25) is 0 Å². The van der Waals surface area contributed by atoms with Gasteiger partial charge < -0.3 is 9.47 Å². The van der Waals surface area contributed by atoms with Crippen molar-refractivity contribution in [2.45, 2.75) is 10.3 Å². The first-order valence-corrected chi connectivity index (χ1v) is 12.7. The third kappa shape index (κ3) is 11.2. The summed E-state index contributed by atoms with van der Waals surface area (Å²) in [6, 6.07) is 0. The van der Waals surface area contributed by atoms with Crippen LogP contribution in [0.15, 0.2) is 23.8 Å². The van der Waals surface area contributed by atoms with Crippen LogP contribution in [0.1, 0.15) is 6.42 Å². The summed E-state index contributed by atoms with van der Waals surface area (Å²) in [5.74, 6) is 2.33. The van der Waals surface area contributed by atoms with E-state index in [9.17, 15) is 9.59 Å². The lowest BCUT2D eigenvalue weighted by molar-refractivity contribution is -0.138. The second kappa shape index (κ2) is 14.3. The zero-order valence-electron chi connectivity index (χ0n) is 14.5. The van der Waals surface area contributed by atoms with E-state index in [1.54, 1.807) is 23.5 Å². The number of rotatable bonds is 10. The standard InChI is InChI=1S/C16H22O4S6/c1-19-13(17)9-25-15(21)23-7-11-3-5-12(6-4-11)8-24-16(22)26-10-14(18)20-2/h3-5,12,15,21H,6-10H2,1-2H3/t12-,15?/m0/s1. The molecule has 0 aromatic heterocycles. The molecular formula is C16H22O4S6. The third-order valence-corrected chi connectivity index (χ3v) is 9.22. The van der Waals surface area contributed by atoms with E-state index in [1.165, 1.54) is 43.3 Å². The molecule has 10 heteroatoms. The van der Waals surface area contributed by atoms with Crippen molar-refractivity contribution in [3.63, 3.8) is 0 Å². The fourth-order valence-electron chi connectivity index (χ4n) is 1.75. The molecule has 0 saturated carbocycles. The second-order valence-corrected chi connectivity index (χ2v) is 12.0. The molecule has 0 radical (unpaired) electrons. The van der Waals surface area contributed by atoms with E-state index in [2.05, 4.69) is 40.3 Å². The van der Waals surface area contributed by atoms with E-state index >= 15 is 0 Å². The molecule has 0 aliphatic heterocycles. The zero-order valence-corrected chi connectivity index (χ0v) is 19.5. The van der Waals surface area contributed by atoms with Crippen molar-refractivity contribution in [2.75, 3.05) is 37.2 Å². The summed E-state index contributed by atoms with van der Waals surface area (Å²) < 4.78 is 10.0. The molecule has 26 heavy (non-hydrogen) atoms. The van der Waals surface area contributed by atoms with Gasteiger partial charge in [-0.05, 0) is 17.9 Å². The van der Waals surface area contributed by atoms with Crippen LogP contribution in [-0.4, -0.2) is 56.6 Å². The number of thiocarbonyl (C=S) groups is 1. The number of methoxy groups -OCH3 is 2. The van der Waals surface area contributed by atoms with Crippen LogP contribution in [0.3, 0.4) is 0 Å². The maximum absolute atomic E-state index is 11.1. The predicted molar refractivity (Wildman–Crippen MR) is 125 cm³/mol. The van der Waals surface area contributed by atoms with Gasteiger partial charge in [0.05, 0.1) is 29.6 Å². The topological polar surface area (TPSA) is 52.6 Å². The molecule has 0 bridgehead atoms. The van der Waals surface area contributed by atoms with Gasteiger partial charge in [-0.15, -0.1) is 35.3 Å². The van der Waals surface area contributed by atoms with Crippen LogP contribution in [-0.2, 0) is 19.1 Å². The number of thiol groups is 1. The highest BCUT2D eigenvalue weighted by Gasteiger charge is 2.13. The lowest BCUT2D eigenvalue weighted by atomic mass is 9.99. The number of carbonyl (C=O) groups excluding carboxylic acids is 2. The largest absolute Gasteiger partial charge is 0.468 e. The molecular weight excluding hydrogens is 449 g/mol. The molecule has 1 aliphatic rings. The van der Waals surface area contributed by atoms with E-state index in [0.717, 1.165) is 21.5 Å². The monoisotopic (exact) mass is 470 g/mol. The zero-order chi connectivity index (χ0) is 19.4. The normalized spacial score (nSPS) is 17.3. The van der Waals surface area contributed by atoms with Crippen molar-refractivity contribution in [1.82, 2.24) is 0 Å². The summed E-state index contributed by atoms with van der Waals surface area (Å²) in [5, 5.41) is 0. The molecule has 0 fully saturated rings. The van der Waals surface area contributed by atoms with Gasteiger partial charge in [0.15, 0.2) is 0 Å². The van der Waals surface area contributed by atoms with E-state index in [-0.39, 0.29) is 21.6 Å². The van der Waals surface area contributed by atoms with Gasteiger partial charge in [0.1, 0.15) is 3.53 Å². The van der Waals surface area contributed by atoms with Gasteiger partial charge in [-0.3, -0.25) is 9.59 Å². The highest BCUT2D eigenvalue weighted by molar-refractivity contribution is 8.47. The molecule has 0 N–H and O–H groups in total. The Morgan fingerprint density at radius 1 is 1.23 bits per heavy atom. The minimum Gasteiger partial charge on any atom is -0.468 e. The van der Waals surface area contributed by atoms with Crippen molar-refractivity contribution >= 4 is 87.4 Å². The number of carbonyl (C=O) groups is 2. The van der Waals surface area contributed by atoms with Crippen LogP contribution in [0, 0.1) is 5.92 Å². The van der Waals surface area contributed by atoms with Crippen LogP contribution in [0.4, 0.5) is 0 Å². The van der Waals surface area contributed by atoms with Gasteiger partial charge in [-0.1, -0.05) is 42.2 Å². The maximum atomic E-state index is 11.1. The summed E-state index contributed by atoms with van der Waals surface area (Å²) in [4.78, 5) is 22.2. The summed E-state index contributed by atoms with van der Waals surface area (Å²) >= 11 is 15.9. The van der Waals surface area contributed by atoms with Crippen LogP contribution in [0.5, 0.6) is 0 Å². The van der Waals surface area contributed by atoms with Crippen molar-refractivity contribution in [1.29, 1.82) is 0 Å². The minimum atomic E-state index is -0.257. The Bertz CT molecular complexity index is 549. The molecule has 1 unspecified atom stereocenters. The Balaban J connectivity index is 2.19. The van der Waals surface area contributed by atoms with E-state index in [1.807, 2.05) is 0 Å². The van der Waals surface area contributed by atoms with E-state index in [0.29, 0.717) is 11.7 Å². The number of ether oxygens (including phenoxy) is 2. The van der Waals surface area contributed by atoms with Crippen LogP contribution >= 0.6 is 71.9 Å². The fraction of sp³-hybridized carbons (Fsp3) is 0.562. The average Bonchev–Trinajstić information content (AvgIpc) is 2.67. The first-order chi connectivity index (χ1) is 12.4. The van der Waals surface area contributed by atoms with E-state index in [4.69, 9.17) is 12.2 Å². The quantitative estimate of drug-likeness (QED) is 0.218. The van der Waals surface area contributed by atoms with Crippen LogP contribution in [0.2, 0.25) is 0 Å². The van der Waals surface area contributed by atoms with Gasteiger partial charge in [-0.2, -0.15) is 12.6 Å². The number of thioether (sulfide) groups is 4. The Hall–Kier alpha value is 0.260. The molecule has 0 aromatic carbocycles. The molecule has 0 aromatic rings. The lowest BCUT2D eigenvalue weighted by Crippen LogP contribution is -2.07. The van der Waals surface area contributed by atoms with Crippen LogP contribution in [0.25, 0.3) is 0 Å². The Morgan fingerprint density at radius 2 is 1.92 bits per heavy atom. The summed E-state index contributed by atoms with van der Waals surface area (Å²) in [6.07, 6.45) is 7.59. The summed E-state index contributed by atoms with van der Waals surface area (Å²) in [5.41, 5.74) is 1.27. The predicted octanol–water partition coefficient (Wildman–Crippen LogP) is 4.27. The smallest absolute Gasteiger partial charge is 0.316 e.